The lowest BCUT2D eigenvalue weighted by Gasteiger charge is -2.34. The number of nitrogens with one attached hydrogen (secondary N) is 1. The van der Waals surface area contributed by atoms with Crippen LogP contribution < -0.4 is 20.7 Å². The van der Waals surface area contributed by atoms with Crippen molar-refractivity contribution in [3.8, 4) is 17.0 Å². The number of aromatic nitrogens is 3. The Labute approximate surface area is 189 Å². The van der Waals surface area contributed by atoms with Crippen molar-refractivity contribution in [2.45, 2.75) is 32.7 Å². The fraction of sp³-hybridized carbons (Fsp3) is 0.304. The van der Waals surface area contributed by atoms with Gasteiger partial charge in [0.2, 0.25) is 11.9 Å². The predicted molar refractivity (Wildman–Crippen MR) is 120 cm³/mol. The van der Waals surface area contributed by atoms with Crippen molar-refractivity contribution in [2.24, 2.45) is 5.73 Å². The second-order valence-electron chi connectivity index (χ2n) is 7.98. The van der Waals surface area contributed by atoms with Crippen LogP contribution in [0.25, 0.3) is 11.3 Å². The maximum Gasteiger partial charge on any atom is 0.229 e. The molecule has 0 atom stereocenters. The number of carbonyl (C=O) groups excluding carboxylic acids is 1. The Bertz CT molecular complexity index is 1170. The van der Waals surface area contributed by atoms with Crippen molar-refractivity contribution in [3.05, 3.63) is 53.9 Å². The van der Waals surface area contributed by atoms with Crippen LogP contribution in [0.2, 0.25) is 0 Å². The number of nitrogens with two attached hydrogens (primary N) is 1. The monoisotopic (exact) mass is 454 g/mol. The SMILES string of the molecule is CC(C)N1CCOc2c(F)cc(-c3nc(Nc4ccc(CCC(N)=O)cn4)ncc3F)cc21. The molecule has 8 nitrogen and oxygen atoms in total. The highest BCUT2D eigenvalue weighted by atomic mass is 19.1. The summed E-state index contributed by atoms with van der Waals surface area (Å²) in [6, 6.07) is 6.50. The minimum atomic E-state index is -0.678. The number of hydrogen-bond acceptors (Lipinski definition) is 7. The molecule has 0 bridgehead atoms. The molecule has 172 valence electrons. The van der Waals surface area contributed by atoms with Crippen LogP contribution in [0, 0.1) is 11.6 Å². The molecular weight excluding hydrogens is 430 g/mol. The quantitative estimate of drug-likeness (QED) is 0.562. The van der Waals surface area contributed by atoms with Gasteiger partial charge in [0, 0.05) is 24.2 Å². The number of nitrogens with zero attached hydrogens (tertiary/aromatic N) is 4. The number of aryl methyl sites for hydroxylation is 1. The summed E-state index contributed by atoms with van der Waals surface area (Å²) in [6.45, 7) is 4.98. The van der Waals surface area contributed by atoms with Gasteiger partial charge in [-0.1, -0.05) is 6.07 Å². The molecular formula is C23H24F2N6O2. The topological polar surface area (TPSA) is 106 Å². The van der Waals surface area contributed by atoms with Gasteiger partial charge >= 0.3 is 0 Å². The molecule has 33 heavy (non-hydrogen) atoms. The summed E-state index contributed by atoms with van der Waals surface area (Å²) >= 11 is 0. The van der Waals surface area contributed by atoms with Gasteiger partial charge in [0.15, 0.2) is 17.4 Å². The molecule has 0 aliphatic carbocycles. The van der Waals surface area contributed by atoms with E-state index in [0.717, 1.165) is 11.8 Å². The van der Waals surface area contributed by atoms with Gasteiger partial charge in [-0.15, -0.1) is 0 Å². The number of primary amides is 1. The lowest BCUT2D eigenvalue weighted by atomic mass is 10.1. The third-order valence-electron chi connectivity index (χ3n) is 5.28. The number of ether oxygens (including phenoxy) is 1. The van der Waals surface area contributed by atoms with Gasteiger partial charge in [-0.25, -0.2) is 23.7 Å². The number of anilines is 3. The minimum Gasteiger partial charge on any atom is -0.486 e. The van der Waals surface area contributed by atoms with Gasteiger partial charge in [-0.05, 0) is 44.0 Å². The number of rotatable bonds is 7. The van der Waals surface area contributed by atoms with Gasteiger partial charge in [-0.2, -0.15) is 0 Å². The number of pyridine rings is 1. The number of benzene rings is 1. The molecule has 0 unspecified atom stereocenters. The van der Waals surface area contributed by atoms with Crippen LogP contribution >= 0.6 is 0 Å². The highest BCUT2D eigenvalue weighted by Gasteiger charge is 2.25. The van der Waals surface area contributed by atoms with Crippen molar-refractivity contribution < 1.29 is 18.3 Å². The average Bonchev–Trinajstić information content (AvgIpc) is 2.79. The molecule has 3 heterocycles. The average molecular weight is 454 g/mol. The Morgan fingerprint density at radius 2 is 2.03 bits per heavy atom. The second-order valence-corrected chi connectivity index (χ2v) is 7.98. The minimum absolute atomic E-state index is 0.0402. The van der Waals surface area contributed by atoms with Crippen LogP contribution in [0.4, 0.5) is 26.2 Å². The second kappa shape index (κ2) is 9.35. The van der Waals surface area contributed by atoms with Crippen LogP contribution in [0.3, 0.4) is 0 Å². The van der Waals surface area contributed by atoms with Crippen molar-refractivity contribution in [1.29, 1.82) is 0 Å². The summed E-state index contributed by atoms with van der Waals surface area (Å²) in [5, 5.41) is 2.92. The van der Waals surface area contributed by atoms with Gasteiger partial charge in [0.25, 0.3) is 0 Å². The largest absolute Gasteiger partial charge is 0.486 e. The smallest absolute Gasteiger partial charge is 0.229 e. The molecule has 1 aliphatic rings. The van der Waals surface area contributed by atoms with Crippen molar-refractivity contribution in [3.63, 3.8) is 0 Å². The van der Waals surface area contributed by atoms with E-state index in [1.165, 1.54) is 6.07 Å². The van der Waals surface area contributed by atoms with Crippen LogP contribution in [0.1, 0.15) is 25.8 Å². The normalized spacial score (nSPS) is 12.9. The highest BCUT2D eigenvalue weighted by molar-refractivity contribution is 5.74. The van der Waals surface area contributed by atoms with E-state index in [1.807, 2.05) is 18.7 Å². The Kier molecular flexibility index (Phi) is 6.34. The maximum atomic E-state index is 14.8. The highest BCUT2D eigenvalue weighted by Crippen LogP contribution is 2.39. The predicted octanol–water partition coefficient (Wildman–Crippen LogP) is 3.59. The molecule has 4 rings (SSSR count). The molecule has 1 aromatic carbocycles. The van der Waals surface area contributed by atoms with E-state index in [-0.39, 0.29) is 41.3 Å². The Balaban J connectivity index is 1.61. The summed E-state index contributed by atoms with van der Waals surface area (Å²) in [7, 11) is 0. The van der Waals surface area contributed by atoms with Gasteiger partial charge in [0.1, 0.15) is 18.1 Å². The molecule has 0 saturated heterocycles. The first kappa shape index (κ1) is 22.4. The first-order valence-corrected chi connectivity index (χ1v) is 10.6. The fourth-order valence-electron chi connectivity index (χ4n) is 3.63. The summed E-state index contributed by atoms with van der Waals surface area (Å²) in [6.07, 6.45) is 3.35. The molecule has 1 amide bonds. The van der Waals surface area contributed by atoms with E-state index in [9.17, 15) is 13.6 Å². The number of hydrogen-bond donors (Lipinski definition) is 2. The molecule has 0 radical (unpaired) electrons. The number of amides is 1. The van der Waals surface area contributed by atoms with E-state index in [2.05, 4.69) is 20.3 Å². The maximum absolute atomic E-state index is 14.8. The van der Waals surface area contributed by atoms with Crippen LogP contribution in [-0.4, -0.2) is 40.1 Å². The summed E-state index contributed by atoms with van der Waals surface area (Å²) in [5.41, 5.74) is 6.81. The zero-order chi connectivity index (χ0) is 23.5. The molecule has 3 N–H and O–H groups in total. The zero-order valence-corrected chi connectivity index (χ0v) is 18.3. The van der Waals surface area contributed by atoms with Gasteiger partial charge in [0.05, 0.1) is 18.4 Å². The van der Waals surface area contributed by atoms with Crippen molar-refractivity contribution in [2.75, 3.05) is 23.4 Å². The third kappa shape index (κ3) is 5.00. The van der Waals surface area contributed by atoms with Gasteiger partial charge < -0.3 is 20.7 Å². The molecule has 0 fully saturated rings. The zero-order valence-electron chi connectivity index (χ0n) is 18.3. The van der Waals surface area contributed by atoms with Crippen LogP contribution in [-0.2, 0) is 11.2 Å². The van der Waals surface area contributed by atoms with E-state index in [1.54, 1.807) is 24.4 Å². The van der Waals surface area contributed by atoms with E-state index in [0.29, 0.717) is 31.1 Å². The molecule has 0 saturated carbocycles. The lowest BCUT2D eigenvalue weighted by molar-refractivity contribution is -0.117. The fourth-order valence-corrected chi connectivity index (χ4v) is 3.63. The van der Waals surface area contributed by atoms with E-state index >= 15 is 0 Å². The molecule has 10 heteroatoms. The van der Waals surface area contributed by atoms with Crippen molar-refractivity contribution >= 4 is 23.4 Å². The Morgan fingerprint density at radius 1 is 1.21 bits per heavy atom. The molecule has 0 spiro atoms. The Morgan fingerprint density at radius 3 is 2.73 bits per heavy atom. The van der Waals surface area contributed by atoms with Crippen LogP contribution in [0.5, 0.6) is 5.75 Å². The number of carbonyl (C=O) groups is 1. The lowest BCUT2D eigenvalue weighted by Crippen LogP contribution is -2.38. The van der Waals surface area contributed by atoms with E-state index < -0.39 is 11.6 Å². The Hall–Kier alpha value is -3.82. The first-order chi connectivity index (χ1) is 15.8. The summed E-state index contributed by atoms with van der Waals surface area (Å²) in [5.74, 6) is -0.931. The third-order valence-corrected chi connectivity index (χ3v) is 5.28. The number of fused-ring (bicyclic) bond motifs is 1. The molecule has 2 aromatic heterocycles. The van der Waals surface area contributed by atoms with Crippen molar-refractivity contribution in [1.82, 2.24) is 15.0 Å². The van der Waals surface area contributed by atoms with Crippen LogP contribution in [0.15, 0.2) is 36.7 Å². The standard InChI is InChI=1S/C23H24F2N6O2/c1-13(2)31-7-8-33-22-16(24)9-15(10-18(22)31)21-17(25)12-28-23(30-21)29-20-6-4-14(11-27-20)3-5-19(26)32/h4,6,9-13H,3,5,7-8H2,1-2H3,(H2,26,32)(H,27,28,29,30). The summed E-state index contributed by atoms with van der Waals surface area (Å²) < 4.78 is 35.0. The molecule has 3 aromatic rings. The first-order valence-electron chi connectivity index (χ1n) is 10.6. The molecule has 1 aliphatic heterocycles. The van der Waals surface area contributed by atoms with Gasteiger partial charge in [-0.3, -0.25) is 4.79 Å². The summed E-state index contributed by atoms with van der Waals surface area (Å²) in [4.78, 5) is 25.4. The van der Waals surface area contributed by atoms with E-state index in [4.69, 9.17) is 10.5 Å². The number of halogens is 2.